The number of anilines is 1. The van der Waals surface area contributed by atoms with E-state index in [4.69, 9.17) is 15.2 Å². The van der Waals surface area contributed by atoms with E-state index in [2.05, 4.69) is 4.98 Å². The van der Waals surface area contributed by atoms with Gasteiger partial charge in [0, 0.05) is 28.1 Å². The topological polar surface area (TPSA) is 57.4 Å². The molecule has 4 nitrogen and oxygen atoms in total. The summed E-state index contributed by atoms with van der Waals surface area (Å²) in [6.07, 6.45) is 1.72. The quantitative estimate of drug-likeness (QED) is 0.653. The fourth-order valence-electron chi connectivity index (χ4n) is 1.77. The lowest BCUT2D eigenvalue weighted by atomic mass is 10.3. The van der Waals surface area contributed by atoms with Gasteiger partial charge in [0.25, 0.3) is 0 Å². The van der Waals surface area contributed by atoms with Crippen molar-refractivity contribution in [3.05, 3.63) is 42.1 Å². The minimum absolute atomic E-state index is 0.643. The predicted octanol–water partition coefficient (Wildman–Crippen LogP) is 3.36. The molecule has 0 aliphatic carbocycles. The lowest BCUT2D eigenvalue weighted by Crippen LogP contribution is -1.95. The summed E-state index contributed by atoms with van der Waals surface area (Å²) in [5.41, 5.74) is 7.79. The van der Waals surface area contributed by atoms with Gasteiger partial charge in [-0.2, -0.15) is 0 Å². The number of hydrogen-bond donors (Lipinski definition) is 1. The van der Waals surface area contributed by atoms with E-state index in [9.17, 15) is 0 Å². The Labute approximate surface area is 123 Å². The van der Waals surface area contributed by atoms with Crippen LogP contribution in [0.1, 0.15) is 12.5 Å². The minimum atomic E-state index is 0.643. The standard InChI is InChI=1S/C15H18N2O2S/c1-3-19-12-6-7-13(16)14(9-12)20-10-11-5-4-8-17-15(11)18-2/h4-9H,3,10,16H2,1-2H3. The Bertz CT molecular complexity index is 576. The molecule has 0 spiro atoms. The molecule has 106 valence electrons. The second kappa shape index (κ2) is 7.05. The number of rotatable bonds is 6. The average molecular weight is 290 g/mol. The second-order valence-electron chi connectivity index (χ2n) is 4.09. The van der Waals surface area contributed by atoms with Crippen molar-refractivity contribution >= 4 is 17.4 Å². The summed E-state index contributed by atoms with van der Waals surface area (Å²) in [6, 6.07) is 9.62. The van der Waals surface area contributed by atoms with E-state index in [0.29, 0.717) is 12.5 Å². The van der Waals surface area contributed by atoms with Gasteiger partial charge < -0.3 is 15.2 Å². The van der Waals surface area contributed by atoms with Crippen molar-refractivity contribution < 1.29 is 9.47 Å². The Kier molecular flexibility index (Phi) is 5.12. The Morgan fingerprint density at radius 3 is 2.90 bits per heavy atom. The van der Waals surface area contributed by atoms with Crippen LogP contribution in [0.25, 0.3) is 0 Å². The number of methoxy groups -OCH3 is 1. The van der Waals surface area contributed by atoms with Gasteiger partial charge in [-0.3, -0.25) is 0 Å². The number of thioether (sulfide) groups is 1. The van der Waals surface area contributed by atoms with Gasteiger partial charge in [-0.1, -0.05) is 6.07 Å². The average Bonchev–Trinajstić information content (AvgIpc) is 2.48. The molecule has 1 aromatic carbocycles. The lowest BCUT2D eigenvalue weighted by molar-refractivity contribution is 0.339. The van der Waals surface area contributed by atoms with Gasteiger partial charge in [-0.05, 0) is 31.2 Å². The molecule has 20 heavy (non-hydrogen) atoms. The zero-order valence-electron chi connectivity index (χ0n) is 11.6. The van der Waals surface area contributed by atoms with E-state index in [1.54, 1.807) is 25.1 Å². The number of nitrogen functional groups attached to an aromatic ring is 1. The SMILES string of the molecule is CCOc1ccc(N)c(SCc2cccnc2OC)c1. The van der Waals surface area contributed by atoms with E-state index in [1.165, 1.54) is 0 Å². The van der Waals surface area contributed by atoms with Crippen molar-refractivity contribution in [2.24, 2.45) is 0 Å². The molecule has 2 rings (SSSR count). The number of nitrogens with two attached hydrogens (primary N) is 1. The number of pyridine rings is 1. The highest BCUT2D eigenvalue weighted by molar-refractivity contribution is 7.98. The molecule has 0 unspecified atom stereocenters. The summed E-state index contributed by atoms with van der Waals surface area (Å²) in [7, 11) is 1.63. The fourth-order valence-corrected chi connectivity index (χ4v) is 2.73. The smallest absolute Gasteiger partial charge is 0.217 e. The zero-order chi connectivity index (χ0) is 14.4. The molecule has 0 aliphatic rings. The van der Waals surface area contributed by atoms with Crippen LogP contribution in [0.2, 0.25) is 0 Å². The first-order valence-electron chi connectivity index (χ1n) is 6.37. The van der Waals surface area contributed by atoms with Gasteiger partial charge in [0.2, 0.25) is 5.88 Å². The zero-order valence-corrected chi connectivity index (χ0v) is 12.4. The maximum Gasteiger partial charge on any atom is 0.217 e. The first-order chi connectivity index (χ1) is 9.74. The molecule has 1 heterocycles. The second-order valence-corrected chi connectivity index (χ2v) is 5.11. The Balaban J connectivity index is 2.12. The van der Waals surface area contributed by atoms with Crippen LogP contribution >= 0.6 is 11.8 Å². The van der Waals surface area contributed by atoms with Gasteiger partial charge >= 0.3 is 0 Å². The van der Waals surface area contributed by atoms with Crippen LogP contribution in [0.15, 0.2) is 41.4 Å². The third-order valence-corrected chi connectivity index (χ3v) is 3.84. The maximum atomic E-state index is 6.00. The minimum Gasteiger partial charge on any atom is -0.494 e. The molecule has 0 aliphatic heterocycles. The van der Waals surface area contributed by atoms with Crippen LogP contribution in [0.5, 0.6) is 11.6 Å². The Morgan fingerprint density at radius 1 is 1.30 bits per heavy atom. The Hall–Kier alpha value is -1.88. The lowest BCUT2D eigenvalue weighted by Gasteiger charge is -2.10. The molecule has 5 heteroatoms. The highest BCUT2D eigenvalue weighted by atomic mass is 32.2. The molecule has 0 radical (unpaired) electrons. The van der Waals surface area contributed by atoms with E-state index < -0.39 is 0 Å². The van der Waals surface area contributed by atoms with E-state index >= 15 is 0 Å². The number of aromatic nitrogens is 1. The molecule has 2 N–H and O–H groups in total. The molecule has 0 fully saturated rings. The van der Waals surface area contributed by atoms with Crippen LogP contribution in [0, 0.1) is 0 Å². The largest absolute Gasteiger partial charge is 0.494 e. The highest BCUT2D eigenvalue weighted by Gasteiger charge is 2.07. The van der Waals surface area contributed by atoms with Crippen LogP contribution < -0.4 is 15.2 Å². The Morgan fingerprint density at radius 2 is 2.15 bits per heavy atom. The van der Waals surface area contributed by atoms with Crippen molar-refractivity contribution in [1.82, 2.24) is 4.98 Å². The monoisotopic (exact) mass is 290 g/mol. The van der Waals surface area contributed by atoms with Crippen LogP contribution in [0.3, 0.4) is 0 Å². The number of nitrogens with zero attached hydrogens (tertiary/aromatic N) is 1. The maximum absolute atomic E-state index is 6.00. The molecule has 1 aromatic heterocycles. The van der Waals surface area contributed by atoms with Crippen molar-refractivity contribution in [1.29, 1.82) is 0 Å². The molecule has 0 saturated heterocycles. The summed E-state index contributed by atoms with van der Waals surface area (Å²) in [5, 5.41) is 0. The third kappa shape index (κ3) is 3.57. The van der Waals surface area contributed by atoms with Crippen LogP contribution in [0.4, 0.5) is 5.69 Å². The first-order valence-corrected chi connectivity index (χ1v) is 7.36. The van der Waals surface area contributed by atoms with Gasteiger partial charge in [0.15, 0.2) is 0 Å². The summed E-state index contributed by atoms with van der Waals surface area (Å²) in [5.74, 6) is 2.23. The van der Waals surface area contributed by atoms with Gasteiger partial charge in [0.05, 0.1) is 13.7 Å². The number of hydrogen-bond acceptors (Lipinski definition) is 5. The normalized spacial score (nSPS) is 10.3. The summed E-state index contributed by atoms with van der Waals surface area (Å²) in [4.78, 5) is 5.19. The molecule has 0 bridgehead atoms. The molecule has 0 atom stereocenters. The summed E-state index contributed by atoms with van der Waals surface area (Å²) >= 11 is 1.64. The van der Waals surface area contributed by atoms with Gasteiger partial charge in [-0.15, -0.1) is 11.8 Å². The molecular formula is C15H18N2O2S. The molecule has 2 aromatic rings. The van der Waals surface area contributed by atoms with Crippen LogP contribution in [-0.4, -0.2) is 18.7 Å². The van der Waals surface area contributed by atoms with Gasteiger partial charge in [-0.25, -0.2) is 4.98 Å². The first kappa shape index (κ1) is 14.5. The van der Waals surface area contributed by atoms with E-state index in [-0.39, 0.29) is 0 Å². The van der Waals surface area contributed by atoms with Crippen molar-refractivity contribution in [2.45, 2.75) is 17.6 Å². The molecular weight excluding hydrogens is 272 g/mol. The molecule has 0 saturated carbocycles. The summed E-state index contributed by atoms with van der Waals surface area (Å²) < 4.78 is 10.7. The number of benzene rings is 1. The van der Waals surface area contributed by atoms with E-state index in [0.717, 1.165) is 27.6 Å². The highest BCUT2D eigenvalue weighted by Crippen LogP contribution is 2.33. The summed E-state index contributed by atoms with van der Waals surface area (Å²) in [6.45, 7) is 2.61. The number of ether oxygens (including phenoxy) is 2. The van der Waals surface area contributed by atoms with Crippen molar-refractivity contribution in [3.8, 4) is 11.6 Å². The van der Waals surface area contributed by atoms with E-state index in [1.807, 2.05) is 37.3 Å². The van der Waals surface area contributed by atoms with Gasteiger partial charge in [0.1, 0.15) is 5.75 Å². The van der Waals surface area contributed by atoms with Crippen molar-refractivity contribution in [2.75, 3.05) is 19.5 Å². The fraction of sp³-hybridized carbons (Fsp3) is 0.267. The van der Waals surface area contributed by atoms with Crippen LogP contribution in [-0.2, 0) is 5.75 Å². The van der Waals surface area contributed by atoms with Crippen molar-refractivity contribution in [3.63, 3.8) is 0 Å². The third-order valence-electron chi connectivity index (χ3n) is 2.72. The predicted molar refractivity (Wildman–Crippen MR) is 82.4 cm³/mol. The molecule has 0 amide bonds.